The maximum Gasteiger partial charge on any atom is 0.133 e. The number of nitrogen functional groups attached to an aromatic ring is 1. The van der Waals surface area contributed by atoms with Crippen molar-refractivity contribution in [3.63, 3.8) is 0 Å². The van der Waals surface area contributed by atoms with E-state index in [4.69, 9.17) is 5.73 Å². The summed E-state index contributed by atoms with van der Waals surface area (Å²) in [5.74, 6) is 2.49. The zero-order valence-electron chi connectivity index (χ0n) is 9.41. The summed E-state index contributed by atoms with van der Waals surface area (Å²) >= 11 is 0. The zero-order chi connectivity index (χ0) is 10.7. The fourth-order valence-electron chi connectivity index (χ4n) is 1.65. The number of anilines is 1. The van der Waals surface area contributed by atoms with Gasteiger partial charge in [-0.25, -0.2) is 9.97 Å². The Hall–Kier alpha value is -1.12. The highest BCUT2D eigenvalue weighted by Crippen LogP contribution is 2.20. The van der Waals surface area contributed by atoms with Crippen molar-refractivity contribution < 1.29 is 0 Å². The van der Waals surface area contributed by atoms with Gasteiger partial charge in [-0.05, 0) is 19.3 Å². The number of hydrogen-bond donors (Lipinski definition) is 1. The molecule has 0 spiro atoms. The van der Waals surface area contributed by atoms with Gasteiger partial charge in [0.25, 0.3) is 0 Å². The number of hydrogen-bond acceptors (Lipinski definition) is 3. The lowest BCUT2D eigenvalue weighted by atomic mass is 9.98. The highest BCUT2D eigenvalue weighted by molar-refractivity contribution is 5.29. The van der Waals surface area contributed by atoms with Crippen LogP contribution in [-0.4, -0.2) is 9.97 Å². The van der Waals surface area contributed by atoms with E-state index in [-0.39, 0.29) is 0 Å². The molecule has 3 nitrogen and oxygen atoms in total. The van der Waals surface area contributed by atoms with Crippen molar-refractivity contribution in [1.82, 2.24) is 9.97 Å². The number of nitrogens with two attached hydrogens (primary N) is 1. The van der Waals surface area contributed by atoms with Crippen molar-refractivity contribution in [2.75, 3.05) is 5.73 Å². The van der Waals surface area contributed by atoms with Crippen LogP contribution in [0.3, 0.4) is 0 Å². The summed E-state index contributed by atoms with van der Waals surface area (Å²) in [6.45, 7) is 8.50. The van der Waals surface area contributed by atoms with Gasteiger partial charge in [0.2, 0.25) is 0 Å². The summed E-state index contributed by atoms with van der Waals surface area (Å²) < 4.78 is 0. The SMILES string of the molecule is Cc1cc(N)nc(C(C)CC(C)C)n1. The monoisotopic (exact) mass is 193 g/mol. The van der Waals surface area contributed by atoms with E-state index >= 15 is 0 Å². The maximum absolute atomic E-state index is 5.68. The molecule has 0 aliphatic carbocycles. The van der Waals surface area contributed by atoms with Gasteiger partial charge in [-0.3, -0.25) is 0 Å². The Labute approximate surface area is 85.8 Å². The van der Waals surface area contributed by atoms with Gasteiger partial charge in [0.15, 0.2) is 0 Å². The van der Waals surface area contributed by atoms with Gasteiger partial charge >= 0.3 is 0 Å². The van der Waals surface area contributed by atoms with Crippen molar-refractivity contribution in [1.29, 1.82) is 0 Å². The summed E-state index contributed by atoms with van der Waals surface area (Å²) in [6, 6.07) is 1.80. The number of rotatable bonds is 3. The van der Waals surface area contributed by atoms with Crippen molar-refractivity contribution in [2.24, 2.45) is 5.92 Å². The highest BCUT2D eigenvalue weighted by Gasteiger charge is 2.11. The smallest absolute Gasteiger partial charge is 0.133 e. The van der Waals surface area contributed by atoms with Crippen LogP contribution in [-0.2, 0) is 0 Å². The van der Waals surface area contributed by atoms with Gasteiger partial charge in [-0.2, -0.15) is 0 Å². The number of nitrogens with zero attached hydrogens (tertiary/aromatic N) is 2. The Bertz CT molecular complexity index is 287. The minimum Gasteiger partial charge on any atom is -0.384 e. The third-order valence-electron chi connectivity index (χ3n) is 2.16. The molecule has 1 rings (SSSR count). The second-order valence-corrected chi connectivity index (χ2v) is 4.32. The minimum absolute atomic E-state index is 0.386. The van der Waals surface area contributed by atoms with Gasteiger partial charge in [-0.1, -0.05) is 20.8 Å². The third kappa shape index (κ3) is 2.98. The normalized spacial score (nSPS) is 13.2. The van der Waals surface area contributed by atoms with E-state index in [2.05, 4.69) is 30.7 Å². The van der Waals surface area contributed by atoms with Crippen LogP contribution in [0.25, 0.3) is 0 Å². The molecule has 0 aliphatic rings. The second kappa shape index (κ2) is 4.40. The number of aryl methyl sites for hydroxylation is 1. The summed E-state index contributed by atoms with van der Waals surface area (Å²) in [5, 5.41) is 0. The topological polar surface area (TPSA) is 51.8 Å². The van der Waals surface area contributed by atoms with Gasteiger partial charge in [-0.15, -0.1) is 0 Å². The molecule has 0 aromatic carbocycles. The van der Waals surface area contributed by atoms with Crippen LogP contribution < -0.4 is 5.73 Å². The van der Waals surface area contributed by atoms with Crippen molar-refractivity contribution in [3.05, 3.63) is 17.6 Å². The van der Waals surface area contributed by atoms with E-state index in [0.717, 1.165) is 17.9 Å². The summed E-state index contributed by atoms with van der Waals surface area (Å²) in [5.41, 5.74) is 6.62. The van der Waals surface area contributed by atoms with Crippen LogP contribution in [0.4, 0.5) is 5.82 Å². The fourth-order valence-corrected chi connectivity index (χ4v) is 1.65. The van der Waals surface area contributed by atoms with E-state index < -0.39 is 0 Å². The average Bonchev–Trinajstić information content (AvgIpc) is 2.00. The molecule has 1 heterocycles. The van der Waals surface area contributed by atoms with Gasteiger partial charge in [0.05, 0.1) is 0 Å². The van der Waals surface area contributed by atoms with Gasteiger partial charge < -0.3 is 5.73 Å². The molecule has 14 heavy (non-hydrogen) atoms. The predicted molar refractivity (Wildman–Crippen MR) is 59.1 cm³/mol. The summed E-state index contributed by atoms with van der Waals surface area (Å²) in [4.78, 5) is 8.65. The van der Waals surface area contributed by atoms with E-state index in [1.165, 1.54) is 0 Å². The first-order valence-electron chi connectivity index (χ1n) is 5.10. The van der Waals surface area contributed by atoms with Crippen LogP contribution >= 0.6 is 0 Å². The first-order chi connectivity index (χ1) is 6.49. The molecule has 3 heteroatoms. The van der Waals surface area contributed by atoms with E-state index in [9.17, 15) is 0 Å². The molecule has 1 unspecified atom stereocenters. The highest BCUT2D eigenvalue weighted by atomic mass is 14.9. The van der Waals surface area contributed by atoms with Crippen molar-refractivity contribution >= 4 is 5.82 Å². The lowest BCUT2D eigenvalue weighted by Gasteiger charge is -2.13. The largest absolute Gasteiger partial charge is 0.384 e. The van der Waals surface area contributed by atoms with Crippen molar-refractivity contribution in [3.8, 4) is 0 Å². The fraction of sp³-hybridized carbons (Fsp3) is 0.636. The Morgan fingerprint density at radius 1 is 1.29 bits per heavy atom. The Balaban J connectivity index is 2.84. The van der Waals surface area contributed by atoms with Gasteiger partial charge in [0.1, 0.15) is 11.6 Å². The summed E-state index contributed by atoms with van der Waals surface area (Å²) in [6.07, 6.45) is 1.10. The molecule has 1 atom stereocenters. The molecule has 0 saturated heterocycles. The molecule has 0 aliphatic heterocycles. The minimum atomic E-state index is 0.386. The molecular formula is C11H19N3. The van der Waals surface area contributed by atoms with Gasteiger partial charge in [0, 0.05) is 17.7 Å². The van der Waals surface area contributed by atoms with Crippen LogP contribution in [0.1, 0.15) is 44.6 Å². The average molecular weight is 193 g/mol. The molecule has 2 N–H and O–H groups in total. The molecule has 0 fully saturated rings. The van der Waals surface area contributed by atoms with E-state index in [0.29, 0.717) is 17.7 Å². The Morgan fingerprint density at radius 2 is 1.93 bits per heavy atom. The second-order valence-electron chi connectivity index (χ2n) is 4.32. The molecule has 0 saturated carbocycles. The predicted octanol–water partition coefficient (Wildman–Crippen LogP) is 2.52. The lowest BCUT2D eigenvalue weighted by Crippen LogP contribution is -2.07. The molecule has 0 radical (unpaired) electrons. The van der Waals surface area contributed by atoms with Crippen LogP contribution in [0.15, 0.2) is 6.07 Å². The maximum atomic E-state index is 5.68. The van der Waals surface area contributed by atoms with E-state index in [1.807, 2.05) is 6.92 Å². The molecule has 0 amide bonds. The molecule has 0 bridgehead atoms. The lowest BCUT2D eigenvalue weighted by molar-refractivity contribution is 0.507. The number of aromatic nitrogens is 2. The van der Waals surface area contributed by atoms with E-state index in [1.54, 1.807) is 6.07 Å². The first kappa shape index (κ1) is 11.0. The van der Waals surface area contributed by atoms with Crippen LogP contribution in [0, 0.1) is 12.8 Å². The molecule has 1 aromatic rings. The Morgan fingerprint density at radius 3 is 2.43 bits per heavy atom. The Kier molecular flexibility index (Phi) is 3.44. The summed E-state index contributed by atoms with van der Waals surface area (Å²) in [7, 11) is 0. The molecule has 78 valence electrons. The molecular weight excluding hydrogens is 174 g/mol. The first-order valence-corrected chi connectivity index (χ1v) is 5.10. The quantitative estimate of drug-likeness (QED) is 0.802. The van der Waals surface area contributed by atoms with Crippen molar-refractivity contribution in [2.45, 2.75) is 40.0 Å². The van der Waals surface area contributed by atoms with Crippen LogP contribution in [0.2, 0.25) is 0 Å². The molecule has 1 aromatic heterocycles. The zero-order valence-corrected chi connectivity index (χ0v) is 9.41. The third-order valence-corrected chi connectivity index (χ3v) is 2.16. The van der Waals surface area contributed by atoms with Crippen LogP contribution in [0.5, 0.6) is 0 Å². The standard InChI is InChI=1S/C11H19N3/c1-7(2)5-8(3)11-13-9(4)6-10(12)14-11/h6-8H,5H2,1-4H3,(H2,12,13,14).